The number of anilines is 1. The quantitative estimate of drug-likeness (QED) is 0.805. The molecule has 1 aromatic rings. The highest BCUT2D eigenvalue weighted by Gasteiger charge is 2.14. The standard InChI is InChI=1S/C12H19NO3S2/c1-3-8-18(15,16)9-7-17(14)12-6-4-5-11(13)10(12)2/h4-6H,3,7-9,13H2,1-2H3. The summed E-state index contributed by atoms with van der Waals surface area (Å²) in [6.45, 7) is 3.61. The van der Waals surface area contributed by atoms with Gasteiger partial charge in [-0.3, -0.25) is 4.21 Å². The summed E-state index contributed by atoms with van der Waals surface area (Å²) >= 11 is 0. The van der Waals surface area contributed by atoms with Gasteiger partial charge in [0, 0.05) is 22.1 Å². The molecule has 0 amide bonds. The maximum atomic E-state index is 12.1. The Kier molecular flexibility index (Phi) is 5.34. The van der Waals surface area contributed by atoms with Crippen LogP contribution in [0.1, 0.15) is 18.9 Å². The third-order valence-corrected chi connectivity index (χ3v) is 6.29. The van der Waals surface area contributed by atoms with Gasteiger partial charge in [-0.05, 0) is 31.0 Å². The van der Waals surface area contributed by atoms with E-state index in [-0.39, 0.29) is 17.3 Å². The fourth-order valence-electron chi connectivity index (χ4n) is 1.60. The van der Waals surface area contributed by atoms with E-state index in [0.29, 0.717) is 17.0 Å². The van der Waals surface area contributed by atoms with Gasteiger partial charge in [-0.1, -0.05) is 13.0 Å². The zero-order chi connectivity index (χ0) is 13.8. The Labute approximate surface area is 111 Å². The van der Waals surface area contributed by atoms with Gasteiger partial charge < -0.3 is 5.73 Å². The molecule has 0 radical (unpaired) electrons. The van der Waals surface area contributed by atoms with Gasteiger partial charge in [0.2, 0.25) is 0 Å². The predicted molar refractivity (Wildman–Crippen MR) is 75.8 cm³/mol. The largest absolute Gasteiger partial charge is 0.398 e. The van der Waals surface area contributed by atoms with Crippen LogP contribution in [-0.2, 0) is 20.6 Å². The molecule has 4 nitrogen and oxygen atoms in total. The molecule has 1 unspecified atom stereocenters. The Balaban J connectivity index is 2.75. The SMILES string of the molecule is CCCS(=O)(=O)CCS(=O)c1cccc(N)c1C. The molecule has 0 aliphatic heterocycles. The lowest BCUT2D eigenvalue weighted by atomic mass is 10.2. The monoisotopic (exact) mass is 289 g/mol. The summed E-state index contributed by atoms with van der Waals surface area (Å²) in [6, 6.07) is 5.20. The zero-order valence-electron chi connectivity index (χ0n) is 10.7. The van der Waals surface area contributed by atoms with E-state index < -0.39 is 20.6 Å². The first kappa shape index (κ1) is 15.2. The van der Waals surface area contributed by atoms with Gasteiger partial charge in [-0.2, -0.15) is 0 Å². The third kappa shape index (κ3) is 4.10. The van der Waals surface area contributed by atoms with Crippen LogP contribution in [0.25, 0.3) is 0 Å². The molecule has 6 heteroatoms. The Morgan fingerprint density at radius 1 is 1.28 bits per heavy atom. The summed E-state index contributed by atoms with van der Waals surface area (Å²) < 4.78 is 35.2. The summed E-state index contributed by atoms with van der Waals surface area (Å²) in [4.78, 5) is 0.627. The third-order valence-electron chi connectivity index (χ3n) is 2.67. The number of sulfone groups is 1. The highest BCUT2D eigenvalue weighted by Crippen LogP contribution is 2.19. The van der Waals surface area contributed by atoms with Gasteiger partial charge in [0.05, 0.1) is 16.6 Å². The summed E-state index contributed by atoms with van der Waals surface area (Å²) in [5.41, 5.74) is 7.08. The van der Waals surface area contributed by atoms with Gasteiger partial charge in [0.1, 0.15) is 0 Å². The minimum Gasteiger partial charge on any atom is -0.398 e. The molecule has 0 saturated heterocycles. The van der Waals surface area contributed by atoms with Gasteiger partial charge in [-0.25, -0.2) is 8.42 Å². The lowest BCUT2D eigenvalue weighted by Gasteiger charge is -2.08. The first-order chi connectivity index (χ1) is 8.37. The maximum absolute atomic E-state index is 12.1. The molecular weight excluding hydrogens is 270 g/mol. The van der Waals surface area contributed by atoms with E-state index in [9.17, 15) is 12.6 Å². The van der Waals surface area contributed by atoms with Gasteiger partial charge >= 0.3 is 0 Å². The van der Waals surface area contributed by atoms with Crippen LogP contribution in [-0.4, -0.2) is 29.9 Å². The van der Waals surface area contributed by atoms with Gasteiger partial charge in [-0.15, -0.1) is 0 Å². The lowest BCUT2D eigenvalue weighted by Crippen LogP contribution is -2.16. The normalized spacial score (nSPS) is 13.4. The maximum Gasteiger partial charge on any atom is 0.151 e. The van der Waals surface area contributed by atoms with Crippen molar-refractivity contribution >= 4 is 26.3 Å². The van der Waals surface area contributed by atoms with Crippen molar-refractivity contribution in [2.24, 2.45) is 0 Å². The van der Waals surface area contributed by atoms with Crippen LogP contribution < -0.4 is 5.73 Å². The van der Waals surface area contributed by atoms with E-state index in [1.807, 2.05) is 6.92 Å². The average molecular weight is 289 g/mol. The Morgan fingerprint density at radius 3 is 2.56 bits per heavy atom. The van der Waals surface area contributed by atoms with Crippen molar-refractivity contribution in [1.82, 2.24) is 0 Å². The number of hydrogen-bond donors (Lipinski definition) is 1. The molecule has 0 aliphatic rings. The molecule has 1 rings (SSSR count). The molecule has 1 atom stereocenters. The van der Waals surface area contributed by atoms with E-state index in [1.54, 1.807) is 25.1 Å². The highest BCUT2D eigenvalue weighted by atomic mass is 32.2. The molecule has 0 aliphatic carbocycles. The molecule has 2 N–H and O–H groups in total. The number of hydrogen-bond acceptors (Lipinski definition) is 4. The first-order valence-corrected chi connectivity index (χ1v) is 8.95. The van der Waals surface area contributed by atoms with Gasteiger partial charge in [0.15, 0.2) is 9.84 Å². The van der Waals surface area contributed by atoms with Crippen molar-refractivity contribution in [1.29, 1.82) is 0 Å². The molecule has 0 aromatic heterocycles. The van der Waals surface area contributed by atoms with E-state index >= 15 is 0 Å². The topological polar surface area (TPSA) is 77.2 Å². The fraction of sp³-hybridized carbons (Fsp3) is 0.500. The second kappa shape index (κ2) is 6.33. The smallest absolute Gasteiger partial charge is 0.151 e. The number of rotatable bonds is 6. The van der Waals surface area contributed by atoms with E-state index in [0.717, 1.165) is 5.56 Å². The second-order valence-corrected chi connectivity index (χ2v) is 8.01. The van der Waals surface area contributed by atoms with Crippen molar-refractivity contribution in [3.05, 3.63) is 23.8 Å². The van der Waals surface area contributed by atoms with Crippen molar-refractivity contribution in [3.63, 3.8) is 0 Å². The minimum absolute atomic E-state index is 0.0400. The van der Waals surface area contributed by atoms with Gasteiger partial charge in [0.25, 0.3) is 0 Å². The number of nitrogen functional groups attached to an aromatic ring is 1. The van der Waals surface area contributed by atoms with E-state index in [4.69, 9.17) is 5.73 Å². The highest BCUT2D eigenvalue weighted by molar-refractivity contribution is 7.93. The van der Waals surface area contributed by atoms with Crippen molar-refractivity contribution in [2.75, 3.05) is 23.0 Å². The summed E-state index contributed by atoms with van der Waals surface area (Å²) in [5.74, 6) is 0.244. The van der Waals surface area contributed by atoms with E-state index in [1.165, 1.54) is 0 Å². The summed E-state index contributed by atoms with van der Waals surface area (Å²) in [5, 5.41) is 0. The van der Waals surface area contributed by atoms with Crippen LogP contribution in [0, 0.1) is 6.92 Å². The first-order valence-electron chi connectivity index (χ1n) is 5.81. The molecule has 0 bridgehead atoms. The van der Waals surface area contributed by atoms with Crippen molar-refractivity contribution in [3.8, 4) is 0 Å². The van der Waals surface area contributed by atoms with Crippen LogP contribution in [0.3, 0.4) is 0 Å². The second-order valence-electron chi connectivity index (χ2n) is 4.17. The summed E-state index contributed by atoms with van der Waals surface area (Å²) in [7, 11) is -4.40. The number of benzene rings is 1. The Bertz CT molecular complexity index is 538. The Hall–Kier alpha value is -0.880. The Morgan fingerprint density at radius 2 is 1.94 bits per heavy atom. The number of nitrogens with two attached hydrogens (primary N) is 1. The molecule has 0 spiro atoms. The van der Waals surface area contributed by atoms with Crippen LogP contribution in [0.4, 0.5) is 5.69 Å². The predicted octanol–water partition coefficient (Wildman–Crippen LogP) is 1.51. The van der Waals surface area contributed by atoms with E-state index in [2.05, 4.69) is 0 Å². The van der Waals surface area contributed by atoms with Crippen molar-refractivity contribution in [2.45, 2.75) is 25.2 Å². The molecular formula is C12H19NO3S2. The minimum atomic E-state index is -3.08. The molecule has 102 valence electrons. The van der Waals surface area contributed by atoms with Crippen LogP contribution in [0.15, 0.2) is 23.1 Å². The average Bonchev–Trinajstić information content (AvgIpc) is 2.30. The molecule has 0 heterocycles. The van der Waals surface area contributed by atoms with Crippen LogP contribution in [0.5, 0.6) is 0 Å². The molecule has 1 aromatic carbocycles. The molecule has 0 saturated carbocycles. The molecule has 0 fully saturated rings. The fourth-order valence-corrected chi connectivity index (χ4v) is 4.96. The van der Waals surface area contributed by atoms with Crippen LogP contribution >= 0.6 is 0 Å². The summed E-state index contributed by atoms with van der Waals surface area (Å²) in [6.07, 6.45) is 0.590. The zero-order valence-corrected chi connectivity index (χ0v) is 12.3. The molecule has 18 heavy (non-hydrogen) atoms. The van der Waals surface area contributed by atoms with Crippen molar-refractivity contribution < 1.29 is 12.6 Å². The van der Waals surface area contributed by atoms with Crippen LogP contribution in [0.2, 0.25) is 0 Å². The lowest BCUT2D eigenvalue weighted by molar-refractivity contribution is 0.595.